The molecule has 4 aromatic rings. The minimum atomic E-state index is 0.858. The number of rotatable bonds is 5. The average molecular weight is 339 g/mol. The predicted octanol–water partition coefficient (Wildman–Crippen LogP) is 5.87. The second-order valence-electron chi connectivity index (χ2n) is 6.31. The van der Waals surface area contributed by atoms with Crippen molar-refractivity contribution in [3.05, 3.63) is 102 Å². The molecule has 0 unspecified atom stereocenters. The van der Waals surface area contributed by atoms with Gasteiger partial charge in [0.1, 0.15) is 5.75 Å². The lowest BCUT2D eigenvalue weighted by Gasteiger charge is -2.09. The van der Waals surface area contributed by atoms with Gasteiger partial charge < -0.3 is 9.30 Å². The number of methoxy groups -OCH3 is 1. The molecule has 0 saturated heterocycles. The SMILES string of the molecule is COc1ccc(C=Cc2cc3ccccc3n2Cc2ccccc2)cc1. The van der Waals surface area contributed by atoms with Crippen LogP contribution in [0.5, 0.6) is 5.75 Å². The molecule has 2 heteroatoms. The van der Waals surface area contributed by atoms with Crippen LogP contribution in [0.25, 0.3) is 23.1 Å². The standard InChI is InChI=1S/C24H21NO/c1-26-23-15-12-19(13-16-23)11-14-22-17-21-9-5-6-10-24(21)25(22)18-20-7-3-2-4-8-20/h2-17H,18H2,1H3. The van der Waals surface area contributed by atoms with E-state index in [0.717, 1.165) is 17.9 Å². The lowest BCUT2D eigenvalue weighted by atomic mass is 10.2. The van der Waals surface area contributed by atoms with Crippen molar-refractivity contribution in [2.75, 3.05) is 7.11 Å². The lowest BCUT2D eigenvalue weighted by molar-refractivity contribution is 0.415. The molecule has 0 N–H and O–H groups in total. The van der Waals surface area contributed by atoms with Gasteiger partial charge in [0.05, 0.1) is 7.11 Å². The second kappa shape index (κ2) is 7.32. The van der Waals surface area contributed by atoms with Crippen LogP contribution >= 0.6 is 0 Å². The number of para-hydroxylation sites is 1. The van der Waals surface area contributed by atoms with Gasteiger partial charge in [-0.3, -0.25) is 0 Å². The summed E-state index contributed by atoms with van der Waals surface area (Å²) in [6, 6.07) is 29.5. The van der Waals surface area contributed by atoms with Crippen LogP contribution in [-0.4, -0.2) is 11.7 Å². The van der Waals surface area contributed by atoms with E-state index in [1.54, 1.807) is 7.11 Å². The van der Waals surface area contributed by atoms with Gasteiger partial charge in [-0.1, -0.05) is 66.7 Å². The first-order chi connectivity index (χ1) is 12.8. The Hall–Kier alpha value is -3.26. The first-order valence-corrected chi connectivity index (χ1v) is 8.78. The maximum absolute atomic E-state index is 5.23. The van der Waals surface area contributed by atoms with Crippen molar-refractivity contribution in [1.29, 1.82) is 0 Å². The molecule has 26 heavy (non-hydrogen) atoms. The molecule has 2 nitrogen and oxygen atoms in total. The van der Waals surface area contributed by atoms with Gasteiger partial charge in [0, 0.05) is 23.1 Å². The van der Waals surface area contributed by atoms with Gasteiger partial charge in [-0.25, -0.2) is 0 Å². The van der Waals surface area contributed by atoms with E-state index in [9.17, 15) is 0 Å². The Morgan fingerprint density at radius 2 is 1.54 bits per heavy atom. The highest BCUT2D eigenvalue weighted by Crippen LogP contribution is 2.23. The van der Waals surface area contributed by atoms with Gasteiger partial charge in [-0.2, -0.15) is 0 Å². The third kappa shape index (κ3) is 3.40. The summed E-state index contributed by atoms with van der Waals surface area (Å²) in [4.78, 5) is 0. The molecule has 1 heterocycles. The Balaban J connectivity index is 1.71. The molecule has 0 radical (unpaired) electrons. The minimum absolute atomic E-state index is 0.858. The third-order valence-corrected chi connectivity index (χ3v) is 4.59. The topological polar surface area (TPSA) is 14.2 Å². The van der Waals surface area contributed by atoms with E-state index in [0.29, 0.717) is 0 Å². The van der Waals surface area contributed by atoms with Crippen LogP contribution in [0.3, 0.4) is 0 Å². The number of ether oxygens (including phenoxy) is 1. The van der Waals surface area contributed by atoms with E-state index in [1.807, 2.05) is 12.1 Å². The summed E-state index contributed by atoms with van der Waals surface area (Å²) in [5.74, 6) is 0.875. The van der Waals surface area contributed by atoms with Crippen LogP contribution in [0, 0.1) is 0 Å². The van der Waals surface area contributed by atoms with Crippen molar-refractivity contribution in [1.82, 2.24) is 4.57 Å². The first-order valence-electron chi connectivity index (χ1n) is 8.78. The molecule has 0 aliphatic rings. The van der Waals surface area contributed by atoms with Crippen molar-refractivity contribution in [2.24, 2.45) is 0 Å². The van der Waals surface area contributed by atoms with Crippen LogP contribution in [0.1, 0.15) is 16.8 Å². The zero-order chi connectivity index (χ0) is 17.8. The molecule has 0 fully saturated rings. The molecular formula is C24H21NO. The number of fused-ring (bicyclic) bond motifs is 1. The zero-order valence-corrected chi connectivity index (χ0v) is 14.8. The average Bonchev–Trinajstić information content (AvgIpc) is 3.05. The Labute approximate surface area is 154 Å². The fourth-order valence-electron chi connectivity index (χ4n) is 3.21. The van der Waals surface area contributed by atoms with Crippen LogP contribution < -0.4 is 4.74 Å². The fourth-order valence-corrected chi connectivity index (χ4v) is 3.21. The van der Waals surface area contributed by atoms with Gasteiger partial charge in [0.15, 0.2) is 0 Å². The van der Waals surface area contributed by atoms with Crippen molar-refractivity contribution in [3.8, 4) is 5.75 Å². The monoisotopic (exact) mass is 339 g/mol. The summed E-state index contributed by atoms with van der Waals surface area (Å²) in [6.45, 7) is 0.858. The van der Waals surface area contributed by atoms with Gasteiger partial charge in [0.2, 0.25) is 0 Å². The van der Waals surface area contributed by atoms with Crippen molar-refractivity contribution >= 4 is 23.1 Å². The maximum atomic E-state index is 5.23. The van der Waals surface area contributed by atoms with Gasteiger partial charge in [0.25, 0.3) is 0 Å². The highest BCUT2D eigenvalue weighted by molar-refractivity contribution is 5.85. The summed E-state index contributed by atoms with van der Waals surface area (Å²) >= 11 is 0. The first kappa shape index (κ1) is 16.2. The summed E-state index contributed by atoms with van der Waals surface area (Å²) in [7, 11) is 1.69. The van der Waals surface area contributed by atoms with Crippen molar-refractivity contribution in [3.63, 3.8) is 0 Å². The van der Waals surface area contributed by atoms with Gasteiger partial charge >= 0.3 is 0 Å². The quantitative estimate of drug-likeness (QED) is 0.443. The molecule has 1 aromatic heterocycles. The second-order valence-corrected chi connectivity index (χ2v) is 6.31. The largest absolute Gasteiger partial charge is 0.497 e. The molecule has 0 spiro atoms. The molecule has 4 rings (SSSR count). The molecular weight excluding hydrogens is 318 g/mol. The lowest BCUT2D eigenvalue weighted by Crippen LogP contribution is -2.01. The molecule has 0 aliphatic heterocycles. The Bertz CT molecular complexity index is 1030. The maximum Gasteiger partial charge on any atom is 0.118 e. The molecule has 3 aromatic carbocycles. The van der Waals surface area contributed by atoms with E-state index < -0.39 is 0 Å². The molecule has 0 amide bonds. The van der Waals surface area contributed by atoms with Crippen LogP contribution in [0.4, 0.5) is 0 Å². The molecule has 0 atom stereocenters. The third-order valence-electron chi connectivity index (χ3n) is 4.59. The van der Waals surface area contributed by atoms with Gasteiger partial charge in [-0.15, -0.1) is 0 Å². The number of hydrogen-bond acceptors (Lipinski definition) is 1. The van der Waals surface area contributed by atoms with Crippen LogP contribution in [-0.2, 0) is 6.54 Å². The van der Waals surface area contributed by atoms with E-state index >= 15 is 0 Å². The highest BCUT2D eigenvalue weighted by Gasteiger charge is 2.07. The summed E-state index contributed by atoms with van der Waals surface area (Å²) < 4.78 is 7.59. The molecule has 128 valence electrons. The van der Waals surface area contributed by atoms with Crippen molar-refractivity contribution < 1.29 is 4.74 Å². The Kier molecular flexibility index (Phi) is 4.57. The summed E-state index contributed by atoms with van der Waals surface area (Å²) in [6.07, 6.45) is 4.33. The zero-order valence-electron chi connectivity index (χ0n) is 14.8. The number of hydrogen-bond donors (Lipinski definition) is 0. The van der Waals surface area contributed by atoms with E-state index in [2.05, 4.69) is 89.5 Å². The number of benzene rings is 3. The predicted molar refractivity (Wildman–Crippen MR) is 109 cm³/mol. The van der Waals surface area contributed by atoms with Crippen LogP contribution in [0.15, 0.2) is 84.9 Å². The Morgan fingerprint density at radius 1 is 0.808 bits per heavy atom. The summed E-state index contributed by atoms with van der Waals surface area (Å²) in [5, 5.41) is 1.26. The van der Waals surface area contributed by atoms with Crippen molar-refractivity contribution in [2.45, 2.75) is 6.54 Å². The smallest absolute Gasteiger partial charge is 0.118 e. The van der Waals surface area contributed by atoms with E-state index in [1.165, 1.54) is 22.2 Å². The number of aromatic nitrogens is 1. The fraction of sp³-hybridized carbons (Fsp3) is 0.0833. The van der Waals surface area contributed by atoms with Crippen LogP contribution in [0.2, 0.25) is 0 Å². The summed E-state index contributed by atoms with van der Waals surface area (Å²) in [5.41, 5.74) is 4.91. The molecule has 0 bridgehead atoms. The normalized spacial score (nSPS) is 11.3. The minimum Gasteiger partial charge on any atom is -0.497 e. The Morgan fingerprint density at radius 3 is 2.31 bits per heavy atom. The highest BCUT2D eigenvalue weighted by atomic mass is 16.5. The molecule has 0 saturated carbocycles. The van der Waals surface area contributed by atoms with Gasteiger partial charge in [-0.05, 0) is 41.5 Å². The molecule has 0 aliphatic carbocycles. The van der Waals surface area contributed by atoms with E-state index in [-0.39, 0.29) is 0 Å². The number of nitrogens with zero attached hydrogens (tertiary/aromatic N) is 1. The van der Waals surface area contributed by atoms with E-state index in [4.69, 9.17) is 4.74 Å².